The van der Waals surface area contributed by atoms with Crippen LogP contribution in [0.5, 0.6) is 5.75 Å². The molecule has 2 N–H and O–H groups in total. The van der Waals surface area contributed by atoms with Gasteiger partial charge in [-0.05, 0) is 60.3 Å². The van der Waals surface area contributed by atoms with Crippen molar-refractivity contribution in [3.8, 4) is 5.75 Å². The maximum absolute atomic E-state index is 12.8. The summed E-state index contributed by atoms with van der Waals surface area (Å²) >= 11 is 3.49. The molecule has 2 rings (SSSR count). The lowest BCUT2D eigenvalue weighted by Crippen LogP contribution is -2.47. The van der Waals surface area contributed by atoms with Gasteiger partial charge in [-0.25, -0.2) is 9.59 Å². The molecule has 1 atom stereocenters. The summed E-state index contributed by atoms with van der Waals surface area (Å²) in [6.45, 7) is 9.90. The zero-order chi connectivity index (χ0) is 19.4. The minimum atomic E-state index is -0.598. The van der Waals surface area contributed by atoms with E-state index in [-0.39, 0.29) is 18.1 Å². The summed E-state index contributed by atoms with van der Waals surface area (Å²) in [4.78, 5) is 24.9. The second-order valence-corrected chi connectivity index (χ2v) is 7.44. The number of halogens is 1. The number of nitrogens with one attached hydrogen (secondary N) is 2. The van der Waals surface area contributed by atoms with Crippen molar-refractivity contribution in [1.82, 2.24) is 10.6 Å². The van der Waals surface area contributed by atoms with Crippen molar-refractivity contribution < 1.29 is 19.1 Å². The summed E-state index contributed by atoms with van der Waals surface area (Å²) in [7, 11) is 0. The van der Waals surface area contributed by atoms with Crippen molar-refractivity contribution in [3.05, 3.63) is 39.5 Å². The fourth-order valence-electron chi connectivity index (χ4n) is 2.76. The highest BCUT2D eigenvalue weighted by Crippen LogP contribution is 2.34. The SMILES string of the molecule is CCOc1ccc(C2NC(=O)NC(C(C)C)=C2C(=O)OC(C)C)cc1Br. The number of hydrogen-bond acceptors (Lipinski definition) is 4. The van der Waals surface area contributed by atoms with Gasteiger partial charge in [0, 0.05) is 5.70 Å². The fourth-order valence-corrected chi connectivity index (χ4v) is 3.28. The topological polar surface area (TPSA) is 76.7 Å². The van der Waals surface area contributed by atoms with Gasteiger partial charge in [0.15, 0.2) is 0 Å². The molecule has 0 aliphatic carbocycles. The van der Waals surface area contributed by atoms with Gasteiger partial charge >= 0.3 is 12.0 Å². The third-order valence-corrected chi connectivity index (χ3v) is 4.45. The van der Waals surface area contributed by atoms with E-state index in [0.29, 0.717) is 23.6 Å². The molecule has 142 valence electrons. The van der Waals surface area contributed by atoms with Crippen LogP contribution in [0.25, 0.3) is 0 Å². The number of hydrogen-bond donors (Lipinski definition) is 2. The molecule has 0 saturated carbocycles. The number of esters is 1. The van der Waals surface area contributed by atoms with E-state index >= 15 is 0 Å². The molecule has 1 aromatic rings. The van der Waals surface area contributed by atoms with Crippen molar-refractivity contribution in [2.75, 3.05) is 6.61 Å². The third kappa shape index (κ3) is 4.58. The van der Waals surface area contributed by atoms with Crippen molar-refractivity contribution in [1.29, 1.82) is 0 Å². The van der Waals surface area contributed by atoms with Crippen LogP contribution >= 0.6 is 15.9 Å². The van der Waals surface area contributed by atoms with Gasteiger partial charge in [-0.2, -0.15) is 0 Å². The van der Waals surface area contributed by atoms with Crippen molar-refractivity contribution in [2.45, 2.75) is 46.8 Å². The summed E-state index contributed by atoms with van der Waals surface area (Å²) < 4.78 is 11.7. The standard InChI is InChI=1S/C19H25BrN2O4/c1-6-25-14-8-7-12(9-13(14)20)17-15(18(23)26-11(4)5)16(10(2)3)21-19(24)22-17/h7-11,17H,6H2,1-5H3,(H2,21,22,24). The lowest BCUT2D eigenvalue weighted by molar-refractivity contribution is -0.143. The molecule has 1 heterocycles. The highest BCUT2D eigenvalue weighted by atomic mass is 79.9. The second kappa shape index (κ2) is 8.58. The van der Waals surface area contributed by atoms with Crippen molar-refractivity contribution in [2.24, 2.45) is 5.92 Å². The molecule has 0 saturated heterocycles. The molecular weight excluding hydrogens is 400 g/mol. The third-order valence-electron chi connectivity index (χ3n) is 3.83. The minimum Gasteiger partial charge on any atom is -0.493 e. The van der Waals surface area contributed by atoms with Gasteiger partial charge < -0.3 is 20.1 Å². The maximum Gasteiger partial charge on any atom is 0.338 e. The van der Waals surface area contributed by atoms with E-state index in [1.165, 1.54) is 0 Å². The normalized spacial score (nSPS) is 17.2. The molecule has 1 aliphatic heterocycles. The Morgan fingerprint density at radius 3 is 2.50 bits per heavy atom. The molecule has 6 nitrogen and oxygen atoms in total. The van der Waals surface area contributed by atoms with Crippen LogP contribution in [0.4, 0.5) is 4.79 Å². The Hall–Kier alpha value is -2.02. The number of rotatable bonds is 6. The minimum absolute atomic E-state index is 0.0376. The van der Waals surface area contributed by atoms with Gasteiger partial charge in [0.05, 0.1) is 28.8 Å². The molecule has 0 spiro atoms. The molecule has 7 heteroatoms. The lowest BCUT2D eigenvalue weighted by Gasteiger charge is -2.31. The van der Waals surface area contributed by atoms with E-state index in [1.54, 1.807) is 13.8 Å². The van der Waals surface area contributed by atoms with Crippen molar-refractivity contribution >= 4 is 27.9 Å². The maximum atomic E-state index is 12.8. The quantitative estimate of drug-likeness (QED) is 0.674. The number of urea groups is 1. The number of carbonyl (C=O) groups is 2. The molecule has 1 unspecified atom stereocenters. The van der Waals surface area contributed by atoms with Gasteiger partial charge in [0.1, 0.15) is 5.75 Å². The Bertz CT molecular complexity index is 728. The Labute approximate surface area is 162 Å². The van der Waals surface area contributed by atoms with E-state index < -0.39 is 12.0 Å². The number of amides is 2. The summed E-state index contributed by atoms with van der Waals surface area (Å²) in [5, 5.41) is 5.59. The van der Waals surface area contributed by atoms with Crippen molar-refractivity contribution in [3.63, 3.8) is 0 Å². The molecule has 0 bridgehead atoms. The summed E-state index contributed by atoms with van der Waals surface area (Å²) in [5.41, 5.74) is 1.77. The first-order valence-corrected chi connectivity index (χ1v) is 9.48. The van der Waals surface area contributed by atoms with Gasteiger partial charge in [-0.3, -0.25) is 0 Å². The molecular formula is C19H25BrN2O4. The Kier molecular flexibility index (Phi) is 6.69. The molecule has 2 amide bonds. The first-order chi connectivity index (χ1) is 12.2. The molecule has 1 aromatic carbocycles. The zero-order valence-electron chi connectivity index (χ0n) is 15.7. The van der Waals surface area contributed by atoms with E-state index in [1.807, 2.05) is 39.0 Å². The number of ether oxygens (including phenoxy) is 2. The van der Waals surface area contributed by atoms with E-state index in [2.05, 4.69) is 26.6 Å². The second-order valence-electron chi connectivity index (χ2n) is 6.59. The first kappa shape index (κ1) is 20.3. The van der Waals surface area contributed by atoms with Crippen LogP contribution in [0, 0.1) is 5.92 Å². The summed E-state index contributed by atoms with van der Waals surface area (Å²) in [6, 6.07) is 4.57. The molecule has 26 heavy (non-hydrogen) atoms. The first-order valence-electron chi connectivity index (χ1n) is 8.69. The van der Waals surface area contributed by atoms with Gasteiger partial charge in [0.25, 0.3) is 0 Å². The highest BCUT2D eigenvalue weighted by Gasteiger charge is 2.35. The van der Waals surface area contributed by atoms with Gasteiger partial charge in [0.2, 0.25) is 0 Å². The van der Waals surface area contributed by atoms with Crippen LogP contribution in [0.3, 0.4) is 0 Å². The number of allylic oxidation sites excluding steroid dienone is 1. The largest absolute Gasteiger partial charge is 0.493 e. The molecule has 0 fully saturated rings. The lowest BCUT2D eigenvalue weighted by atomic mass is 9.91. The van der Waals surface area contributed by atoms with Crippen LogP contribution in [0.1, 0.15) is 46.2 Å². The highest BCUT2D eigenvalue weighted by molar-refractivity contribution is 9.10. The number of benzene rings is 1. The van der Waals surface area contributed by atoms with Crippen LogP contribution in [0.15, 0.2) is 33.9 Å². The molecule has 0 aromatic heterocycles. The van der Waals surface area contributed by atoms with E-state index in [9.17, 15) is 9.59 Å². The average Bonchev–Trinajstić information content (AvgIpc) is 2.55. The predicted octanol–water partition coefficient (Wildman–Crippen LogP) is 4.06. The van der Waals surface area contributed by atoms with Crippen LogP contribution in [0.2, 0.25) is 0 Å². The monoisotopic (exact) mass is 424 g/mol. The molecule has 1 aliphatic rings. The Morgan fingerprint density at radius 2 is 1.96 bits per heavy atom. The predicted molar refractivity (Wildman–Crippen MR) is 103 cm³/mol. The van der Waals surface area contributed by atoms with Gasteiger partial charge in [-0.1, -0.05) is 19.9 Å². The van der Waals surface area contributed by atoms with Gasteiger partial charge in [-0.15, -0.1) is 0 Å². The fraction of sp³-hybridized carbons (Fsp3) is 0.474. The van der Waals surface area contributed by atoms with Crippen LogP contribution in [-0.4, -0.2) is 24.7 Å². The Morgan fingerprint density at radius 1 is 1.27 bits per heavy atom. The van der Waals surface area contributed by atoms with E-state index in [0.717, 1.165) is 10.0 Å². The zero-order valence-corrected chi connectivity index (χ0v) is 17.3. The average molecular weight is 425 g/mol. The van der Waals surface area contributed by atoms with E-state index in [4.69, 9.17) is 9.47 Å². The molecule has 0 radical (unpaired) electrons. The van der Waals surface area contributed by atoms with Crippen LogP contribution in [-0.2, 0) is 9.53 Å². The summed E-state index contributed by atoms with van der Waals surface area (Å²) in [6.07, 6.45) is -0.256. The Balaban J connectivity index is 2.52. The summed E-state index contributed by atoms with van der Waals surface area (Å²) in [5.74, 6) is 0.228. The number of carbonyl (C=O) groups excluding carboxylic acids is 2. The van der Waals surface area contributed by atoms with Crippen LogP contribution < -0.4 is 15.4 Å². The smallest absolute Gasteiger partial charge is 0.338 e.